The van der Waals surface area contributed by atoms with Crippen LogP contribution >= 0.6 is 0 Å². The molecule has 0 radical (unpaired) electrons. The number of imidazole rings is 1. The zero-order valence-corrected chi connectivity index (χ0v) is 12.0. The monoisotopic (exact) mass is 273 g/mol. The fraction of sp³-hybridized carbons (Fsp3) is 0.333. The predicted molar refractivity (Wildman–Crippen MR) is 78.7 cm³/mol. The van der Waals surface area contributed by atoms with Gasteiger partial charge in [0, 0.05) is 24.0 Å². The average Bonchev–Trinajstić information content (AvgIpc) is 2.81. The molecule has 1 N–H and O–H groups in total. The molecule has 5 heteroatoms. The van der Waals surface area contributed by atoms with Crippen molar-refractivity contribution in [3.05, 3.63) is 52.7 Å². The Bertz CT molecular complexity index is 668. The van der Waals surface area contributed by atoms with Crippen molar-refractivity contribution >= 4 is 5.78 Å². The summed E-state index contributed by atoms with van der Waals surface area (Å²) in [5.74, 6) is 0.00527. The molecule has 0 aliphatic carbocycles. The van der Waals surface area contributed by atoms with Crippen molar-refractivity contribution in [3.8, 4) is 5.69 Å². The Morgan fingerprint density at radius 1 is 1.30 bits per heavy atom. The number of nitrogens with zero attached hydrogens (tertiary/aromatic N) is 2. The molecule has 0 aliphatic rings. The molecule has 1 aromatic carbocycles. The second kappa shape index (κ2) is 5.88. The lowest BCUT2D eigenvalue weighted by molar-refractivity contribution is 0.0993. The third kappa shape index (κ3) is 2.72. The van der Waals surface area contributed by atoms with Gasteiger partial charge in [-0.3, -0.25) is 13.9 Å². The first kappa shape index (κ1) is 14.3. The highest BCUT2D eigenvalue weighted by atomic mass is 16.1. The molecule has 0 saturated carbocycles. The maximum atomic E-state index is 12.2. The first-order valence-corrected chi connectivity index (χ1v) is 6.62. The molecule has 1 heterocycles. The van der Waals surface area contributed by atoms with Gasteiger partial charge in [0.2, 0.25) is 0 Å². The molecule has 5 nitrogen and oxygen atoms in total. The molecule has 1 aromatic heterocycles. The second-order valence-electron chi connectivity index (χ2n) is 4.96. The molecule has 2 aromatic rings. The van der Waals surface area contributed by atoms with Gasteiger partial charge in [-0.25, -0.2) is 4.79 Å². The van der Waals surface area contributed by atoms with Crippen molar-refractivity contribution in [2.24, 2.45) is 0 Å². The van der Waals surface area contributed by atoms with E-state index in [-0.39, 0.29) is 24.1 Å². The SMILES string of the molecule is CNCC(=O)c1cccc(-n2ccn(C(C)C)c2=O)c1. The largest absolute Gasteiger partial charge is 0.332 e. The molecule has 0 fully saturated rings. The van der Waals surface area contributed by atoms with E-state index in [2.05, 4.69) is 5.32 Å². The Hall–Kier alpha value is -2.14. The number of hydrogen-bond donors (Lipinski definition) is 1. The van der Waals surface area contributed by atoms with Crippen molar-refractivity contribution in [2.45, 2.75) is 19.9 Å². The number of nitrogens with one attached hydrogen (secondary N) is 1. The third-order valence-electron chi connectivity index (χ3n) is 3.14. The van der Waals surface area contributed by atoms with E-state index in [0.717, 1.165) is 0 Å². The van der Waals surface area contributed by atoms with Crippen LogP contribution in [0.3, 0.4) is 0 Å². The average molecular weight is 273 g/mol. The fourth-order valence-electron chi connectivity index (χ4n) is 2.07. The molecule has 0 amide bonds. The van der Waals surface area contributed by atoms with E-state index >= 15 is 0 Å². The van der Waals surface area contributed by atoms with Gasteiger partial charge in [-0.2, -0.15) is 0 Å². The maximum Gasteiger partial charge on any atom is 0.332 e. The molecule has 0 spiro atoms. The topological polar surface area (TPSA) is 56.0 Å². The van der Waals surface area contributed by atoms with E-state index in [0.29, 0.717) is 11.3 Å². The van der Waals surface area contributed by atoms with Gasteiger partial charge in [0.1, 0.15) is 0 Å². The van der Waals surface area contributed by atoms with Crippen LogP contribution in [0, 0.1) is 0 Å². The van der Waals surface area contributed by atoms with Gasteiger partial charge in [-0.1, -0.05) is 12.1 Å². The van der Waals surface area contributed by atoms with Crippen LogP contribution in [-0.4, -0.2) is 28.5 Å². The van der Waals surface area contributed by atoms with Gasteiger partial charge < -0.3 is 5.32 Å². The summed E-state index contributed by atoms with van der Waals surface area (Å²) in [6.07, 6.45) is 3.49. The van der Waals surface area contributed by atoms with E-state index < -0.39 is 0 Å². The Kier molecular flexibility index (Phi) is 4.20. The van der Waals surface area contributed by atoms with Crippen LogP contribution in [0.4, 0.5) is 0 Å². The Morgan fingerprint density at radius 2 is 2.05 bits per heavy atom. The summed E-state index contributed by atoms with van der Waals surface area (Å²) in [5.41, 5.74) is 1.20. The third-order valence-corrected chi connectivity index (χ3v) is 3.14. The normalized spacial score (nSPS) is 11.0. The van der Waals surface area contributed by atoms with Crippen LogP contribution < -0.4 is 11.0 Å². The number of Topliss-reactive ketones (excluding diaryl/α,β-unsaturated/α-hetero) is 1. The zero-order valence-electron chi connectivity index (χ0n) is 12.0. The molecule has 20 heavy (non-hydrogen) atoms. The standard InChI is InChI=1S/C15H19N3O2/c1-11(2)17-7-8-18(15(17)20)13-6-4-5-12(9-13)14(19)10-16-3/h4-9,11,16H,10H2,1-3H3. The van der Waals surface area contributed by atoms with Gasteiger partial charge >= 0.3 is 5.69 Å². The molecule has 0 aliphatic heterocycles. The highest BCUT2D eigenvalue weighted by molar-refractivity contribution is 5.98. The quantitative estimate of drug-likeness (QED) is 0.842. The lowest BCUT2D eigenvalue weighted by atomic mass is 10.1. The molecule has 0 bridgehead atoms. The molecule has 0 unspecified atom stereocenters. The lowest BCUT2D eigenvalue weighted by Gasteiger charge is -2.06. The zero-order chi connectivity index (χ0) is 14.7. The summed E-state index contributed by atoms with van der Waals surface area (Å²) in [7, 11) is 1.73. The summed E-state index contributed by atoms with van der Waals surface area (Å²) >= 11 is 0. The van der Waals surface area contributed by atoms with Crippen molar-refractivity contribution in [2.75, 3.05) is 13.6 Å². The Balaban J connectivity index is 2.41. The minimum atomic E-state index is -0.0989. The highest BCUT2D eigenvalue weighted by Crippen LogP contribution is 2.10. The number of hydrogen-bond acceptors (Lipinski definition) is 3. The number of carbonyl (C=O) groups excluding carboxylic acids is 1. The molecule has 0 atom stereocenters. The summed E-state index contributed by atoms with van der Waals surface area (Å²) < 4.78 is 3.21. The minimum absolute atomic E-state index is 0.00527. The predicted octanol–water partition coefficient (Wildman–Crippen LogP) is 1.62. The molecular formula is C15H19N3O2. The van der Waals surface area contributed by atoms with Crippen LogP contribution in [0.25, 0.3) is 5.69 Å². The fourth-order valence-corrected chi connectivity index (χ4v) is 2.07. The van der Waals surface area contributed by atoms with Crippen LogP contribution in [0.5, 0.6) is 0 Å². The van der Waals surface area contributed by atoms with E-state index in [9.17, 15) is 9.59 Å². The van der Waals surface area contributed by atoms with Crippen LogP contribution in [0.15, 0.2) is 41.5 Å². The van der Waals surface area contributed by atoms with E-state index in [1.807, 2.05) is 19.9 Å². The highest BCUT2D eigenvalue weighted by Gasteiger charge is 2.10. The minimum Gasteiger partial charge on any atom is -0.313 e. The molecule has 2 rings (SSSR count). The van der Waals surface area contributed by atoms with Gasteiger partial charge in [0.05, 0.1) is 12.2 Å². The first-order valence-electron chi connectivity index (χ1n) is 6.62. The molecule has 0 saturated heterocycles. The lowest BCUT2D eigenvalue weighted by Crippen LogP contribution is -2.24. The van der Waals surface area contributed by atoms with Crippen molar-refractivity contribution < 1.29 is 4.79 Å². The molecule has 106 valence electrons. The first-order chi connectivity index (χ1) is 9.54. The number of carbonyl (C=O) groups is 1. The van der Waals surface area contributed by atoms with Crippen molar-refractivity contribution in [1.82, 2.24) is 14.5 Å². The second-order valence-corrected chi connectivity index (χ2v) is 4.96. The summed E-state index contributed by atoms with van der Waals surface area (Å²) in [5, 5.41) is 2.83. The van der Waals surface area contributed by atoms with Crippen molar-refractivity contribution in [1.29, 1.82) is 0 Å². The maximum absolute atomic E-state index is 12.2. The number of aromatic nitrogens is 2. The summed E-state index contributed by atoms with van der Waals surface area (Å²) in [4.78, 5) is 24.1. The van der Waals surface area contributed by atoms with Gasteiger partial charge in [0.25, 0.3) is 0 Å². The van der Waals surface area contributed by atoms with Gasteiger partial charge in [0.15, 0.2) is 5.78 Å². The smallest absolute Gasteiger partial charge is 0.313 e. The Labute approximate surface area is 117 Å². The van der Waals surface area contributed by atoms with Crippen molar-refractivity contribution in [3.63, 3.8) is 0 Å². The number of ketones is 1. The van der Waals surface area contributed by atoms with Crippen LogP contribution in [-0.2, 0) is 0 Å². The van der Waals surface area contributed by atoms with E-state index in [1.165, 1.54) is 0 Å². The van der Waals surface area contributed by atoms with E-state index in [4.69, 9.17) is 0 Å². The number of likely N-dealkylation sites (N-methyl/N-ethyl adjacent to an activating group) is 1. The van der Waals surface area contributed by atoms with E-state index in [1.54, 1.807) is 46.8 Å². The van der Waals surface area contributed by atoms with Crippen LogP contribution in [0.2, 0.25) is 0 Å². The summed E-state index contributed by atoms with van der Waals surface area (Å²) in [6, 6.07) is 7.22. The number of rotatable bonds is 5. The Morgan fingerprint density at radius 3 is 2.65 bits per heavy atom. The summed E-state index contributed by atoms with van der Waals surface area (Å²) in [6.45, 7) is 4.20. The van der Waals surface area contributed by atoms with Gasteiger partial charge in [-0.05, 0) is 33.0 Å². The molecular weight excluding hydrogens is 254 g/mol. The number of benzene rings is 1. The van der Waals surface area contributed by atoms with Gasteiger partial charge in [-0.15, -0.1) is 0 Å². The van der Waals surface area contributed by atoms with Crippen LogP contribution in [0.1, 0.15) is 30.2 Å².